The SMILES string of the molecule is CC(C)c1ncc[n-]1.[Li+]. The van der Waals surface area contributed by atoms with E-state index in [1.807, 2.05) is 0 Å². The predicted molar refractivity (Wildman–Crippen MR) is 31.6 cm³/mol. The molecular formula is C6H9LiN2. The number of hydrogen-bond donors (Lipinski definition) is 0. The summed E-state index contributed by atoms with van der Waals surface area (Å²) in [5.74, 6) is 1.40. The molecule has 0 aliphatic heterocycles. The molecule has 1 aromatic rings. The van der Waals surface area contributed by atoms with Crippen LogP contribution in [0.4, 0.5) is 0 Å². The Morgan fingerprint density at radius 3 is 2.44 bits per heavy atom. The molecule has 0 aromatic carbocycles. The Hall–Kier alpha value is -0.193. The van der Waals surface area contributed by atoms with Crippen molar-refractivity contribution in [3.05, 3.63) is 18.2 Å². The first-order valence-electron chi connectivity index (χ1n) is 2.74. The number of aromatic nitrogens is 2. The van der Waals surface area contributed by atoms with Crippen molar-refractivity contribution in [2.24, 2.45) is 0 Å². The van der Waals surface area contributed by atoms with Crippen LogP contribution in [0, 0.1) is 0 Å². The molecule has 0 aliphatic carbocycles. The summed E-state index contributed by atoms with van der Waals surface area (Å²) in [6, 6.07) is 0. The molecule has 1 heterocycles. The Kier molecular flexibility index (Phi) is 3.68. The van der Waals surface area contributed by atoms with Crippen molar-refractivity contribution in [1.29, 1.82) is 0 Å². The van der Waals surface area contributed by atoms with Crippen LogP contribution >= 0.6 is 0 Å². The van der Waals surface area contributed by atoms with Gasteiger partial charge in [-0.15, -0.1) is 0 Å². The third-order valence-corrected chi connectivity index (χ3v) is 0.997. The third kappa shape index (κ3) is 2.25. The van der Waals surface area contributed by atoms with E-state index in [9.17, 15) is 0 Å². The van der Waals surface area contributed by atoms with Gasteiger partial charge in [0.2, 0.25) is 0 Å². The van der Waals surface area contributed by atoms with E-state index in [2.05, 4.69) is 23.8 Å². The van der Waals surface area contributed by atoms with Crippen LogP contribution in [0.15, 0.2) is 12.4 Å². The minimum atomic E-state index is 0. The molecule has 0 fully saturated rings. The zero-order valence-electron chi connectivity index (χ0n) is 6.13. The Morgan fingerprint density at radius 2 is 2.22 bits per heavy atom. The standard InChI is InChI=1S/C6H9N2.Li/c1-5(2)6-7-3-4-8-6;/h3-5H,1-2H3;/q-1;+1. The van der Waals surface area contributed by atoms with Crippen LogP contribution in [0.1, 0.15) is 25.6 Å². The second-order valence-corrected chi connectivity index (χ2v) is 2.07. The molecule has 0 bridgehead atoms. The molecule has 0 N–H and O–H groups in total. The second kappa shape index (κ2) is 3.76. The molecule has 0 saturated heterocycles. The Labute approximate surface area is 67.3 Å². The van der Waals surface area contributed by atoms with E-state index in [1.165, 1.54) is 0 Å². The number of rotatable bonds is 1. The topological polar surface area (TPSA) is 27.0 Å². The van der Waals surface area contributed by atoms with Crippen LogP contribution in [0.2, 0.25) is 0 Å². The van der Waals surface area contributed by atoms with E-state index in [0.29, 0.717) is 5.92 Å². The number of nitrogens with zero attached hydrogens (tertiary/aromatic N) is 2. The van der Waals surface area contributed by atoms with E-state index in [-0.39, 0.29) is 18.9 Å². The monoisotopic (exact) mass is 116 g/mol. The maximum absolute atomic E-state index is 4.00. The summed E-state index contributed by atoms with van der Waals surface area (Å²) < 4.78 is 0. The van der Waals surface area contributed by atoms with Crippen LogP contribution < -0.4 is 23.8 Å². The van der Waals surface area contributed by atoms with E-state index in [0.717, 1.165) is 5.82 Å². The molecule has 0 amide bonds. The minimum Gasteiger partial charge on any atom is -0.446 e. The van der Waals surface area contributed by atoms with Gasteiger partial charge in [-0.1, -0.05) is 32.1 Å². The van der Waals surface area contributed by atoms with E-state index >= 15 is 0 Å². The van der Waals surface area contributed by atoms with Gasteiger partial charge in [-0.2, -0.15) is 0 Å². The van der Waals surface area contributed by atoms with Crippen molar-refractivity contribution in [3.63, 3.8) is 0 Å². The maximum Gasteiger partial charge on any atom is 1.00 e. The molecule has 1 rings (SSSR count). The molecule has 44 valence electrons. The van der Waals surface area contributed by atoms with Gasteiger partial charge in [-0.05, 0) is 5.92 Å². The van der Waals surface area contributed by atoms with Crippen LogP contribution in [-0.4, -0.2) is 4.98 Å². The summed E-state index contributed by atoms with van der Waals surface area (Å²) in [6.45, 7) is 4.16. The molecule has 0 spiro atoms. The van der Waals surface area contributed by atoms with Crippen LogP contribution in [0.3, 0.4) is 0 Å². The molecule has 3 heteroatoms. The summed E-state index contributed by atoms with van der Waals surface area (Å²) in [4.78, 5) is 8.01. The molecule has 0 aliphatic rings. The van der Waals surface area contributed by atoms with Crippen molar-refractivity contribution in [2.75, 3.05) is 0 Å². The van der Waals surface area contributed by atoms with E-state index < -0.39 is 0 Å². The van der Waals surface area contributed by atoms with Crippen molar-refractivity contribution < 1.29 is 18.9 Å². The molecule has 0 atom stereocenters. The minimum absolute atomic E-state index is 0. The number of hydrogen-bond acceptors (Lipinski definition) is 1. The zero-order valence-corrected chi connectivity index (χ0v) is 6.13. The van der Waals surface area contributed by atoms with Gasteiger partial charge in [-0.25, -0.2) is 0 Å². The van der Waals surface area contributed by atoms with Gasteiger partial charge in [0.25, 0.3) is 0 Å². The third-order valence-electron chi connectivity index (χ3n) is 0.997. The van der Waals surface area contributed by atoms with Gasteiger partial charge in [0, 0.05) is 0 Å². The molecule has 2 nitrogen and oxygen atoms in total. The zero-order chi connectivity index (χ0) is 5.98. The summed E-state index contributed by atoms with van der Waals surface area (Å²) in [6.07, 6.45) is 3.44. The largest absolute Gasteiger partial charge is 1.00 e. The van der Waals surface area contributed by atoms with Gasteiger partial charge in [0.05, 0.1) is 0 Å². The van der Waals surface area contributed by atoms with Crippen molar-refractivity contribution in [1.82, 2.24) is 9.97 Å². The van der Waals surface area contributed by atoms with Crippen molar-refractivity contribution >= 4 is 0 Å². The predicted octanol–water partition coefficient (Wildman–Crippen LogP) is -1.83. The average molecular weight is 116 g/mol. The average Bonchev–Trinajstić information content (AvgIpc) is 2.12. The van der Waals surface area contributed by atoms with Crippen LogP contribution in [0.5, 0.6) is 0 Å². The molecule has 0 radical (unpaired) electrons. The fourth-order valence-electron chi connectivity index (χ4n) is 0.551. The van der Waals surface area contributed by atoms with Crippen molar-refractivity contribution in [2.45, 2.75) is 19.8 Å². The van der Waals surface area contributed by atoms with Crippen LogP contribution in [0.25, 0.3) is 0 Å². The molecular weight excluding hydrogens is 107 g/mol. The van der Waals surface area contributed by atoms with Gasteiger partial charge < -0.3 is 9.97 Å². The summed E-state index contributed by atoms with van der Waals surface area (Å²) >= 11 is 0. The van der Waals surface area contributed by atoms with Crippen molar-refractivity contribution in [3.8, 4) is 0 Å². The first kappa shape index (κ1) is 8.81. The van der Waals surface area contributed by atoms with Crippen LogP contribution in [-0.2, 0) is 0 Å². The first-order chi connectivity index (χ1) is 3.80. The smallest absolute Gasteiger partial charge is 0.446 e. The summed E-state index contributed by atoms with van der Waals surface area (Å²) in [5, 5.41) is 0. The Balaban J connectivity index is 0.000000640. The normalized spacial score (nSPS) is 9.22. The molecule has 0 saturated carbocycles. The molecule has 0 unspecified atom stereocenters. The second-order valence-electron chi connectivity index (χ2n) is 2.07. The van der Waals surface area contributed by atoms with Gasteiger partial charge >= 0.3 is 18.9 Å². The van der Waals surface area contributed by atoms with E-state index in [4.69, 9.17) is 0 Å². The van der Waals surface area contributed by atoms with Gasteiger partial charge in [-0.3, -0.25) is 0 Å². The quantitative estimate of drug-likeness (QED) is 0.403. The number of imidazole rings is 1. The van der Waals surface area contributed by atoms with Gasteiger partial charge in [0.1, 0.15) is 0 Å². The fourth-order valence-corrected chi connectivity index (χ4v) is 0.551. The summed E-state index contributed by atoms with van der Waals surface area (Å²) in [5.41, 5.74) is 0. The Bertz CT molecular complexity index is 146. The molecule has 1 aromatic heterocycles. The fraction of sp³-hybridized carbons (Fsp3) is 0.500. The summed E-state index contributed by atoms with van der Waals surface area (Å²) in [7, 11) is 0. The first-order valence-corrected chi connectivity index (χ1v) is 2.74. The molecule has 9 heavy (non-hydrogen) atoms. The van der Waals surface area contributed by atoms with Gasteiger partial charge in [0.15, 0.2) is 0 Å². The maximum atomic E-state index is 4.00. The Morgan fingerprint density at radius 1 is 1.56 bits per heavy atom. The van der Waals surface area contributed by atoms with E-state index in [1.54, 1.807) is 12.4 Å².